The van der Waals surface area contributed by atoms with Crippen LogP contribution in [0, 0.1) is 12.3 Å². The minimum atomic E-state index is -1.02. The SMILES string of the molecule is C#CCN(Cc1cc(Br)ccc1OCc1ccccc1)c1ccc(C(=O)O)cn1. The molecular formula is C23H19BrN2O3. The molecule has 0 aliphatic heterocycles. The molecule has 1 N–H and O–H groups in total. The third-order valence-corrected chi connectivity index (χ3v) is 4.72. The van der Waals surface area contributed by atoms with Gasteiger partial charge in [0.05, 0.1) is 12.1 Å². The first-order chi connectivity index (χ1) is 14.1. The molecule has 0 atom stereocenters. The predicted molar refractivity (Wildman–Crippen MR) is 116 cm³/mol. The van der Waals surface area contributed by atoms with Crippen molar-refractivity contribution in [1.82, 2.24) is 4.98 Å². The molecule has 0 aliphatic carbocycles. The zero-order chi connectivity index (χ0) is 20.6. The van der Waals surface area contributed by atoms with Crippen LogP contribution in [0.15, 0.2) is 71.3 Å². The molecule has 0 spiro atoms. The van der Waals surface area contributed by atoms with Gasteiger partial charge in [-0.15, -0.1) is 6.42 Å². The number of carboxylic acids is 1. The van der Waals surface area contributed by atoms with Crippen LogP contribution in [0.3, 0.4) is 0 Å². The van der Waals surface area contributed by atoms with Gasteiger partial charge in [-0.25, -0.2) is 9.78 Å². The molecule has 0 unspecified atom stereocenters. The van der Waals surface area contributed by atoms with Gasteiger partial charge < -0.3 is 14.7 Å². The molecule has 1 heterocycles. The normalized spacial score (nSPS) is 10.2. The Bertz CT molecular complexity index is 1010. The van der Waals surface area contributed by atoms with Crippen LogP contribution in [-0.2, 0) is 13.2 Å². The topological polar surface area (TPSA) is 62.7 Å². The molecule has 0 bridgehead atoms. The Morgan fingerprint density at radius 3 is 2.62 bits per heavy atom. The van der Waals surface area contributed by atoms with E-state index in [9.17, 15) is 4.79 Å². The first kappa shape index (κ1) is 20.4. The molecule has 3 aromatic rings. The van der Waals surface area contributed by atoms with Gasteiger partial charge in [-0.05, 0) is 35.9 Å². The molecule has 6 heteroatoms. The number of aromatic nitrogens is 1. The van der Waals surface area contributed by atoms with Crippen LogP contribution < -0.4 is 9.64 Å². The van der Waals surface area contributed by atoms with Crippen molar-refractivity contribution in [2.75, 3.05) is 11.4 Å². The number of nitrogens with zero attached hydrogens (tertiary/aromatic N) is 2. The lowest BCUT2D eigenvalue weighted by molar-refractivity contribution is 0.0696. The van der Waals surface area contributed by atoms with Crippen molar-refractivity contribution in [3.63, 3.8) is 0 Å². The van der Waals surface area contributed by atoms with E-state index in [0.29, 0.717) is 25.5 Å². The average Bonchev–Trinajstić information content (AvgIpc) is 2.73. The lowest BCUT2D eigenvalue weighted by atomic mass is 10.1. The molecule has 0 saturated heterocycles. The number of anilines is 1. The third-order valence-electron chi connectivity index (χ3n) is 4.22. The summed E-state index contributed by atoms with van der Waals surface area (Å²) in [6, 6.07) is 18.9. The van der Waals surface area contributed by atoms with E-state index in [4.69, 9.17) is 16.3 Å². The number of carbonyl (C=O) groups is 1. The molecule has 3 rings (SSSR count). The number of rotatable bonds is 8. The summed E-state index contributed by atoms with van der Waals surface area (Å²) in [7, 11) is 0. The second-order valence-electron chi connectivity index (χ2n) is 6.30. The van der Waals surface area contributed by atoms with Gasteiger partial charge in [0.15, 0.2) is 0 Å². The highest BCUT2D eigenvalue weighted by Gasteiger charge is 2.13. The summed E-state index contributed by atoms with van der Waals surface area (Å²) in [5, 5.41) is 9.07. The lowest BCUT2D eigenvalue weighted by Crippen LogP contribution is -2.24. The summed E-state index contributed by atoms with van der Waals surface area (Å²) in [6.07, 6.45) is 6.88. The number of hydrogen-bond acceptors (Lipinski definition) is 4. The van der Waals surface area contributed by atoms with Crippen molar-refractivity contribution in [3.05, 3.63) is 88.0 Å². The smallest absolute Gasteiger partial charge is 0.337 e. The molecule has 2 aromatic carbocycles. The molecule has 0 fully saturated rings. The Balaban J connectivity index is 1.82. The quantitative estimate of drug-likeness (QED) is 0.501. The van der Waals surface area contributed by atoms with Crippen LogP contribution in [0.25, 0.3) is 0 Å². The van der Waals surface area contributed by atoms with Crippen LogP contribution in [0.1, 0.15) is 21.5 Å². The van der Waals surface area contributed by atoms with Gasteiger partial charge in [-0.2, -0.15) is 0 Å². The first-order valence-corrected chi connectivity index (χ1v) is 9.69. The van der Waals surface area contributed by atoms with E-state index in [2.05, 4.69) is 26.8 Å². The molecule has 0 amide bonds. The van der Waals surface area contributed by atoms with E-state index in [1.165, 1.54) is 12.3 Å². The van der Waals surface area contributed by atoms with Crippen molar-refractivity contribution in [1.29, 1.82) is 0 Å². The van der Waals surface area contributed by atoms with Crippen molar-refractivity contribution < 1.29 is 14.6 Å². The van der Waals surface area contributed by atoms with Crippen LogP contribution in [0.5, 0.6) is 5.75 Å². The molecule has 1 aromatic heterocycles. The lowest BCUT2D eigenvalue weighted by Gasteiger charge is -2.23. The first-order valence-electron chi connectivity index (χ1n) is 8.89. The number of pyridine rings is 1. The van der Waals surface area contributed by atoms with E-state index < -0.39 is 5.97 Å². The van der Waals surface area contributed by atoms with E-state index in [1.807, 2.05) is 53.4 Å². The Morgan fingerprint density at radius 2 is 1.97 bits per heavy atom. The highest BCUT2D eigenvalue weighted by atomic mass is 79.9. The van der Waals surface area contributed by atoms with Crippen LogP contribution in [-0.4, -0.2) is 22.6 Å². The summed E-state index contributed by atoms with van der Waals surface area (Å²) in [5.41, 5.74) is 2.14. The summed E-state index contributed by atoms with van der Waals surface area (Å²) in [6.45, 7) is 1.24. The molecule has 5 nitrogen and oxygen atoms in total. The van der Waals surface area contributed by atoms with Gasteiger partial charge in [0.2, 0.25) is 0 Å². The Labute approximate surface area is 178 Å². The zero-order valence-electron chi connectivity index (χ0n) is 15.6. The van der Waals surface area contributed by atoms with Crippen LogP contribution in [0.4, 0.5) is 5.82 Å². The average molecular weight is 451 g/mol. The Kier molecular flexibility index (Phi) is 6.88. The van der Waals surface area contributed by atoms with E-state index in [-0.39, 0.29) is 5.56 Å². The molecular weight excluding hydrogens is 432 g/mol. The second kappa shape index (κ2) is 9.76. The standard InChI is InChI=1S/C23H19BrN2O3/c1-2-12-26(22-11-8-18(14-25-22)23(27)28)15-19-13-20(24)9-10-21(19)29-16-17-6-4-3-5-7-17/h1,3-11,13-14H,12,15-16H2,(H,27,28). The minimum absolute atomic E-state index is 0.128. The van der Waals surface area contributed by atoms with Gasteiger partial charge in [0.25, 0.3) is 0 Å². The maximum atomic E-state index is 11.1. The number of benzene rings is 2. The van der Waals surface area contributed by atoms with Gasteiger partial charge in [0, 0.05) is 22.8 Å². The second-order valence-corrected chi connectivity index (χ2v) is 7.21. The Hall–Kier alpha value is -3.30. The maximum Gasteiger partial charge on any atom is 0.337 e. The number of aromatic carboxylic acids is 1. The zero-order valence-corrected chi connectivity index (χ0v) is 17.2. The van der Waals surface area contributed by atoms with Gasteiger partial charge in [-0.3, -0.25) is 0 Å². The summed E-state index contributed by atoms with van der Waals surface area (Å²) in [5.74, 6) is 2.97. The Morgan fingerprint density at radius 1 is 1.17 bits per heavy atom. The van der Waals surface area contributed by atoms with Gasteiger partial charge in [-0.1, -0.05) is 52.2 Å². The van der Waals surface area contributed by atoms with Crippen molar-refractivity contribution in [3.8, 4) is 18.1 Å². The molecule has 0 aliphatic rings. The van der Waals surface area contributed by atoms with Crippen LogP contribution >= 0.6 is 15.9 Å². The van der Waals surface area contributed by atoms with E-state index in [1.54, 1.807) is 6.07 Å². The molecule has 29 heavy (non-hydrogen) atoms. The number of carboxylic acid groups (broad SMARTS) is 1. The minimum Gasteiger partial charge on any atom is -0.489 e. The molecule has 0 saturated carbocycles. The maximum absolute atomic E-state index is 11.1. The van der Waals surface area contributed by atoms with Crippen molar-refractivity contribution >= 4 is 27.7 Å². The molecule has 146 valence electrons. The fourth-order valence-electron chi connectivity index (χ4n) is 2.78. The van der Waals surface area contributed by atoms with Gasteiger partial charge in [0.1, 0.15) is 18.2 Å². The predicted octanol–water partition coefficient (Wildman–Crippen LogP) is 4.76. The summed E-state index contributed by atoms with van der Waals surface area (Å²) >= 11 is 3.51. The summed E-state index contributed by atoms with van der Waals surface area (Å²) in [4.78, 5) is 17.2. The number of halogens is 1. The highest BCUT2D eigenvalue weighted by molar-refractivity contribution is 9.10. The number of ether oxygens (including phenoxy) is 1. The highest BCUT2D eigenvalue weighted by Crippen LogP contribution is 2.27. The summed E-state index contributed by atoms with van der Waals surface area (Å²) < 4.78 is 6.97. The van der Waals surface area contributed by atoms with E-state index in [0.717, 1.165) is 21.3 Å². The monoisotopic (exact) mass is 450 g/mol. The molecule has 0 radical (unpaired) electrons. The van der Waals surface area contributed by atoms with E-state index >= 15 is 0 Å². The fourth-order valence-corrected chi connectivity index (χ4v) is 3.19. The third kappa shape index (κ3) is 5.59. The fraction of sp³-hybridized carbons (Fsp3) is 0.130. The number of hydrogen-bond donors (Lipinski definition) is 1. The largest absolute Gasteiger partial charge is 0.489 e. The van der Waals surface area contributed by atoms with Gasteiger partial charge >= 0.3 is 5.97 Å². The van der Waals surface area contributed by atoms with Crippen molar-refractivity contribution in [2.24, 2.45) is 0 Å². The van der Waals surface area contributed by atoms with Crippen LogP contribution in [0.2, 0.25) is 0 Å². The number of terminal acetylenes is 1. The van der Waals surface area contributed by atoms with Crippen molar-refractivity contribution in [2.45, 2.75) is 13.2 Å².